The second-order valence-electron chi connectivity index (χ2n) is 8.40. The molecule has 9 heteroatoms. The molecule has 0 aliphatic carbocycles. The SMILES string of the molecule is Cc1nc(-c2nnn(-c3ccc(F)cc3)c2C)sc1C(=O)N1CCN(Cc2ccccc2)CC1. The van der Waals surface area contributed by atoms with E-state index >= 15 is 0 Å². The number of aryl methyl sites for hydroxylation is 1. The van der Waals surface area contributed by atoms with Gasteiger partial charge in [-0.25, -0.2) is 14.1 Å². The number of piperazine rings is 1. The lowest BCUT2D eigenvalue weighted by atomic mass is 10.2. The third kappa shape index (κ3) is 4.49. The van der Waals surface area contributed by atoms with Gasteiger partial charge < -0.3 is 4.90 Å². The first-order valence-electron chi connectivity index (χ1n) is 11.2. The van der Waals surface area contributed by atoms with Crippen LogP contribution in [-0.2, 0) is 6.54 Å². The first-order chi connectivity index (χ1) is 16.5. The third-order valence-electron chi connectivity index (χ3n) is 6.07. The van der Waals surface area contributed by atoms with Gasteiger partial charge in [-0.05, 0) is 43.7 Å². The zero-order valence-corrected chi connectivity index (χ0v) is 19.9. The Hall–Kier alpha value is -3.43. The molecule has 7 nitrogen and oxygen atoms in total. The molecule has 2 aromatic heterocycles. The molecule has 1 aliphatic heterocycles. The van der Waals surface area contributed by atoms with Gasteiger partial charge in [-0.3, -0.25) is 9.69 Å². The van der Waals surface area contributed by atoms with Gasteiger partial charge in [-0.2, -0.15) is 0 Å². The van der Waals surface area contributed by atoms with Gasteiger partial charge in [0.1, 0.15) is 21.4 Å². The number of hydrogen-bond acceptors (Lipinski definition) is 6. The zero-order chi connectivity index (χ0) is 23.7. The largest absolute Gasteiger partial charge is 0.335 e. The highest BCUT2D eigenvalue weighted by Crippen LogP contribution is 2.30. The van der Waals surface area contributed by atoms with E-state index in [1.807, 2.05) is 24.8 Å². The standard InChI is InChI=1S/C25H25FN6OS/c1-17-23(25(33)31-14-12-30(13-15-31)16-19-6-4-3-5-7-19)34-24(27-17)22-18(2)32(29-28-22)21-10-8-20(26)9-11-21/h3-11H,12-16H2,1-2H3. The Morgan fingerprint density at radius 1 is 1.00 bits per heavy atom. The minimum atomic E-state index is -0.304. The van der Waals surface area contributed by atoms with Crippen molar-refractivity contribution in [1.29, 1.82) is 0 Å². The molecule has 4 aromatic rings. The van der Waals surface area contributed by atoms with Crippen molar-refractivity contribution in [1.82, 2.24) is 29.8 Å². The highest BCUT2D eigenvalue weighted by atomic mass is 32.1. The number of carbonyl (C=O) groups excluding carboxylic acids is 1. The van der Waals surface area contributed by atoms with Gasteiger partial charge in [0, 0.05) is 32.7 Å². The maximum absolute atomic E-state index is 13.3. The smallest absolute Gasteiger partial charge is 0.265 e. The summed E-state index contributed by atoms with van der Waals surface area (Å²) in [6, 6.07) is 16.5. The van der Waals surface area contributed by atoms with E-state index in [2.05, 4.69) is 44.5 Å². The number of nitrogens with zero attached hydrogens (tertiary/aromatic N) is 6. The maximum Gasteiger partial charge on any atom is 0.265 e. The minimum absolute atomic E-state index is 0.0178. The van der Waals surface area contributed by atoms with Gasteiger partial charge in [-0.15, -0.1) is 16.4 Å². The summed E-state index contributed by atoms with van der Waals surface area (Å²) in [5, 5.41) is 9.18. The number of halogens is 1. The van der Waals surface area contributed by atoms with E-state index in [-0.39, 0.29) is 11.7 Å². The van der Waals surface area contributed by atoms with Crippen LogP contribution < -0.4 is 0 Å². The fourth-order valence-corrected chi connectivity index (χ4v) is 5.22. The van der Waals surface area contributed by atoms with E-state index in [1.54, 1.807) is 16.8 Å². The van der Waals surface area contributed by atoms with E-state index in [9.17, 15) is 9.18 Å². The van der Waals surface area contributed by atoms with Crippen LogP contribution in [0.25, 0.3) is 16.4 Å². The van der Waals surface area contributed by atoms with Crippen LogP contribution >= 0.6 is 11.3 Å². The molecule has 0 radical (unpaired) electrons. The van der Waals surface area contributed by atoms with Crippen LogP contribution in [0.4, 0.5) is 4.39 Å². The Balaban J connectivity index is 1.29. The van der Waals surface area contributed by atoms with Gasteiger partial charge in [0.25, 0.3) is 5.91 Å². The fraction of sp³-hybridized carbons (Fsp3) is 0.280. The van der Waals surface area contributed by atoms with Crippen molar-refractivity contribution >= 4 is 17.2 Å². The molecule has 174 valence electrons. The van der Waals surface area contributed by atoms with Crippen LogP contribution in [0.15, 0.2) is 54.6 Å². The van der Waals surface area contributed by atoms with Crippen molar-refractivity contribution in [3.63, 3.8) is 0 Å². The number of aromatic nitrogens is 4. The topological polar surface area (TPSA) is 67.2 Å². The Morgan fingerprint density at radius 2 is 1.71 bits per heavy atom. The Labute approximate surface area is 201 Å². The summed E-state index contributed by atoms with van der Waals surface area (Å²) in [6.45, 7) is 7.72. The maximum atomic E-state index is 13.3. The summed E-state index contributed by atoms with van der Waals surface area (Å²) in [7, 11) is 0. The van der Waals surface area contributed by atoms with Gasteiger partial charge in [0.05, 0.1) is 17.1 Å². The summed E-state index contributed by atoms with van der Waals surface area (Å²) in [5.41, 5.74) is 4.12. The van der Waals surface area contributed by atoms with Crippen molar-refractivity contribution < 1.29 is 9.18 Å². The van der Waals surface area contributed by atoms with Crippen LogP contribution in [0.3, 0.4) is 0 Å². The number of benzene rings is 2. The lowest BCUT2D eigenvalue weighted by Crippen LogP contribution is -2.48. The van der Waals surface area contributed by atoms with Crippen molar-refractivity contribution in [3.8, 4) is 16.4 Å². The number of hydrogen-bond donors (Lipinski definition) is 0. The quantitative estimate of drug-likeness (QED) is 0.434. The highest BCUT2D eigenvalue weighted by molar-refractivity contribution is 7.17. The molecule has 0 unspecified atom stereocenters. The Kier molecular flexibility index (Phi) is 6.21. The molecule has 0 saturated carbocycles. The first kappa shape index (κ1) is 22.4. The Bertz CT molecular complexity index is 1290. The van der Waals surface area contributed by atoms with E-state index < -0.39 is 0 Å². The summed E-state index contributed by atoms with van der Waals surface area (Å²) >= 11 is 1.35. The van der Waals surface area contributed by atoms with Gasteiger partial charge in [0.15, 0.2) is 0 Å². The predicted octanol–water partition coefficient (Wildman–Crippen LogP) is 4.10. The second-order valence-corrected chi connectivity index (χ2v) is 9.40. The monoisotopic (exact) mass is 476 g/mol. The molecule has 1 amide bonds. The minimum Gasteiger partial charge on any atom is -0.335 e. The molecule has 0 spiro atoms. The molecule has 0 bridgehead atoms. The van der Waals surface area contributed by atoms with Crippen molar-refractivity contribution in [2.24, 2.45) is 0 Å². The molecule has 34 heavy (non-hydrogen) atoms. The van der Waals surface area contributed by atoms with Gasteiger partial charge in [0.2, 0.25) is 0 Å². The van der Waals surface area contributed by atoms with Crippen LogP contribution in [0.5, 0.6) is 0 Å². The molecule has 1 fully saturated rings. The molecule has 1 saturated heterocycles. The number of carbonyl (C=O) groups is 1. The van der Waals surface area contributed by atoms with Crippen molar-refractivity contribution in [3.05, 3.63) is 82.2 Å². The van der Waals surface area contributed by atoms with Crippen LogP contribution in [0.1, 0.15) is 26.6 Å². The fourth-order valence-electron chi connectivity index (χ4n) is 4.14. The number of thiazole rings is 1. The summed E-state index contributed by atoms with van der Waals surface area (Å²) < 4.78 is 14.9. The van der Waals surface area contributed by atoms with E-state index in [0.29, 0.717) is 34.4 Å². The summed E-state index contributed by atoms with van der Waals surface area (Å²) in [6.07, 6.45) is 0. The van der Waals surface area contributed by atoms with E-state index in [4.69, 9.17) is 0 Å². The molecule has 1 aliphatic rings. The molecule has 3 heterocycles. The molecular weight excluding hydrogens is 451 g/mol. The molecule has 0 atom stereocenters. The van der Waals surface area contributed by atoms with Gasteiger partial charge >= 0.3 is 0 Å². The lowest BCUT2D eigenvalue weighted by Gasteiger charge is -2.34. The molecule has 0 N–H and O–H groups in total. The van der Waals surface area contributed by atoms with Crippen molar-refractivity contribution in [2.75, 3.05) is 26.2 Å². The predicted molar refractivity (Wildman–Crippen MR) is 130 cm³/mol. The second kappa shape index (κ2) is 9.44. The highest BCUT2D eigenvalue weighted by Gasteiger charge is 2.27. The lowest BCUT2D eigenvalue weighted by molar-refractivity contribution is 0.0632. The van der Waals surface area contributed by atoms with Crippen LogP contribution in [-0.4, -0.2) is 61.9 Å². The first-order valence-corrected chi connectivity index (χ1v) is 12.0. The van der Waals surface area contributed by atoms with E-state index in [0.717, 1.165) is 31.0 Å². The van der Waals surface area contributed by atoms with Crippen LogP contribution in [0, 0.1) is 19.7 Å². The van der Waals surface area contributed by atoms with Crippen molar-refractivity contribution in [2.45, 2.75) is 20.4 Å². The Morgan fingerprint density at radius 3 is 2.41 bits per heavy atom. The van der Waals surface area contributed by atoms with E-state index in [1.165, 1.54) is 29.0 Å². The zero-order valence-electron chi connectivity index (χ0n) is 19.1. The van der Waals surface area contributed by atoms with Crippen LogP contribution in [0.2, 0.25) is 0 Å². The normalized spacial score (nSPS) is 14.5. The molecular formula is C25H25FN6OS. The molecule has 2 aromatic carbocycles. The average molecular weight is 477 g/mol. The number of rotatable bonds is 5. The average Bonchev–Trinajstić information content (AvgIpc) is 3.42. The molecule has 5 rings (SSSR count). The van der Waals surface area contributed by atoms with Gasteiger partial charge in [-0.1, -0.05) is 35.5 Å². The summed E-state index contributed by atoms with van der Waals surface area (Å²) in [4.78, 5) is 22.8. The summed E-state index contributed by atoms with van der Waals surface area (Å²) in [5.74, 6) is -0.287. The number of amides is 1. The third-order valence-corrected chi connectivity index (χ3v) is 7.22.